The zero-order chi connectivity index (χ0) is 31.2. The number of aryl methyl sites for hydroxylation is 1. The number of amides is 2. The van der Waals surface area contributed by atoms with Gasteiger partial charge in [0.25, 0.3) is 5.91 Å². The van der Waals surface area contributed by atoms with Crippen LogP contribution >= 0.6 is 0 Å². The zero-order valence-electron chi connectivity index (χ0n) is 26.9. The number of hydrogen-bond acceptors (Lipinski definition) is 5. The minimum atomic E-state index is 0.0226. The molecule has 45 heavy (non-hydrogen) atoms. The van der Waals surface area contributed by atoms with Crippen molar-refractivity contribution in [1.29, 1.82) is 0 Å². The average Bonchev–Trinajstić information content (AvgIpc) is 3.71. The Labute approximate surface area is 265 Å². The number of ether oxygens (including phenoxy) is 1. The lowest BCUT2D eigenvalue weighted by molar-refractivity contribution is -0.138. The van der Waals surface area contributed by atoms with Crippen molar-refractivity contribution in [2.45, 2.75) is 83.9 Å². The number of nitrogens with zero attached hydrogens (tertiary/aromatic N) is 5. The predicted octanol–water partition coefficient (Wildman–Crippen LogP) is 5.37. The first-order valence-corrected chi connectivity index (χ1v) is 16.8. The maximum absolute atomic E-state index is 13.4. The smallest absolute Gasteiger partial charge is 0.255 e. The Hall–Kier alpha value is -3.69. The lowest BCUT2D eigenvalue weighted by Gasteiger charge is -2.33. The van der Waals surface area contributed by atoms with Crippen LogP contribution in [0.3, 0.4) is 0 Å². The number of para-hydroxylation sites is 1. The van der Waals surface area contributed by atoms with E-state index in [9.17, 15) is 9.59 Å². The van der Waals surface area contributed by atoms with Crippen LogP contribution in [-0.4, -0.2) is 80.7 Å². The Morgan fingerprint density at radius 3 is 2.56 bits per heavy atom. The second-order valence-corrected chi connectivity index (χ2v) is 13.8. The number of aromatic nitrogens is 3. The van der Waals surface area contributed by atoms with Gasteiger partial charge in [0.05, 0.1) is 28.4 Å². The fourth-order valence-electron chi connectivity index (χ4n) is 7.32. The van der Waals surface area contributed by atoms with Gasteiger partial charge in [-0.3, -0.25) is 9.59 Å². The number of carbonyl (C=O) groups is 2. The summed E-state index contributed by atoms with van der Waals surface area (Å²) in [6.07, 6.45) is 8.26. The number of pyridine rings is 1. The van der Waals surface area contributed by atoms with Crippen LogP contribution in [0.5, 0.6) is 0 Å². The number of likely N-dealkylation sites (tertiary alicyclic amines) is 2. The number of nitrogens with two attached hydrogens (primary N) is 1. The molecule has 0 spiro atoms. The van der Waals surface area contributed by atoms with E-state index in [0.29, 0.717) is 23.9 Å². The minimum Gasteiger partial charge on any atom is -0.369 e. The predicted molar refractivity (Wildman–Crippen MR) is 176 cm³/mol. The number of piperidine rings is 2. The van der Waals surface area contributed by atoms with Crippen LogP contribution in [0, 0.1) is 12.8 Å². The second kappa shape index (κ2) is 12.2. The van der Waals surface area contributed by atoms with Gasteiger partial charge < -0.3 is 24.8 Å². The highest BCUT2D eigenvalue weighted by atomic mass is 16.5. The number of benzene rings is 1. The zero-order valence-corrected chi connectivity index (χ0v) is 26.9. The van der Waals surface area contributed by atoms with E-state index in [4.69, 9.17) is 15.6 Å². The summed E-state index contributed by atoms with van der Waals surface area (Å²) in [5.41, 5.74) is 13.7. The molecule has 7 rings (SSSR count). The molecule has 9 heteroatoms. The molecule has 3 aliphatic rings. The van der Waals surface area contributed by atoms with Gasteiger partial charge in [-0.2, -0.15) is 5.10 Å². The van der Waals surface area contributed by atoms with Gasteiger partial charge >= 0.3 is 0 Å². The van der Waals surface area contributed by atoms with E-state index in [0.717, 1.165) is 74.3 Å². The molecule has 0 radical (unpaired) electrons. The third kappa shape index (κ3) is 6.00. The normalized spacial score (nSPS) is 19.7. The Bertz CT molecular complexity index is 1730. The van der Waals surface area contributed by atoms with Crippen molar-refractivity contribution in [1.82, 2.24) is 24.0 Å². The van der Waals surface area contributed by atoms with E-state index in [2.05, 4.69) is 35.8 Å². The highest BCUT2D eigenvalue weighted by Crippen LogP contribution is 2.41. The molecule has 0 bridgehead atoms. The highest BCUT2D eigenvalue weighted by Gasteiger charge is 2.30. The summed E-state index contributed by atoms with van der Waals surface area (Å²) in [7, 11) is 0. The molecule has 4 aromatic rings. The van der Waals surface area contributed by atoms with Crippen molar-refractivity contribution >= 4 is 28.2 Å². The standard InChI is InChI=1S/C36H46N6O3/c1-23(2)45-22-33(43)39-16-13-26(14-17-39)30-8-4-6-27-18-32(41(35(27)30)19-25-9-10-25)34-24(3)31-12-11-28(20-42(31)38-34)36(44)40-15-5-7-29(37)21-40/h4,6,8,11-12,18,20,23,25-26,29H,5,7,9-10,13-17,19,21-22,37H2,1-3H3. The third-order valence-corrected chi connectivity index (χ3v) is 10.0. The molecule has 238 valence electrons. The molecule has 9 nitrogen and oxygen atoms in total. The van der Waals surface area contributed by atoms with Gasteiger partial charge in [-0.1, -0.05) is 18.2 Å². The Balaban J connectivity index is 1.21. The molecule has 1 atom stereocenters. The van der Waals surface area contributed by atoms with E-state index in [1.165, 1.54) is 29.3 Å². The van der Waals surface area contributed by atoms with Crippen LogP contribution in [-0.2, 0) is 16.1 Å². The van der Waals surface area contributed by atoms with Gasteiger partial charge in [-0.05, 0) is 94.9 Å². The molecule has 1 unspecified atom stereocenters. The van der Waals surface area contributed by atoms with Crippen LogP contribution in [0.25, 0.3) is 27.8 Å². The summed E-state index contributed by atoms with van der Waals surface area (Å²) in [6, 6.07) is 13.0. The summed E-state index contributed by atoms with van der Waals surface area (Å²) < 4.78 is 9.99. The topological polar surface area (TPSA) is 98.1 Å². The summed E-state index contributed by atoms with van der Waals surface area (Å²) in [6.45, 7) is 10.1. The largest absolute Gasteiger partial charge is 0.369 e. The number of rotatable bonds is 8. The number of carbonyl (C=O) groups excluding carboxylic acids is 2. The van der Waals surface area contributed by atoms with Crippen molar-refractivity contribution in [3.05, 3.63) is 59.3 Å². The molecule has 5 heterocycles. The average molecular weight is 611 g/mol. The van der Waals surface area contributed by atoms with Gasteiger partial charge in [0.15, 0.2) is 0 Å². The van der Waals surface area contributed by atoms with Crippen LogP contribution in [0.4, 0.5) is 0 Å². The highest BCUT2D eigenvalue weighted by molar-refractivity contribution is 5.95. The SMILES string of the molecule is Cc1c(-c2cc3cccc(C4CCN(C(=O)COC(C)C)CC4)c3n2CC2CC2)nn2cc(C(=O)N3CCCC(N)C3)ccc12. The fourth-order valence-corrected chi connectivity index (χ4v) is 7.32. The Morgan fingerprint density at radius 2 is 1.82 bits per heavy atom. The van der Waals surface area contributed by atoms with Crippen LogP contribution < -0.4 is 5.73 Å². The van der Waals surface area contributed by atoms with E-state index in [-0.39, 0.29) is 30.6 Å². The van der Waals surface area contributed by atoms with Crippen LogP contribution in [0.15, 0.2) is 42.6 Å². The van der Waals surface area contributed by atoms with E-state index in [1.807, 2.05) is 46.5 Å². The molecule has 2 N–H and O–H groups in total. The van der Waals surface area contributed by atoms with E-state index in [1.54, 1.807) is 0 Å². The van der Waals surface area contributed by atoms with Crippen LogP contribution in [0.2, 0.25) is 0 Å². The summed E-state index contributed by atoms with van der Waals surface area (Å²) in [5, 5.41) is 6.35. The van der Waals surface area contributed by atoms with E-state index >= 15 is 0 Å². The quantitative estimate of drug-likeness (QED) is 0.289. The monoisotopic (exact) mass is 610 g/mol. The molecule has 3 aromatic heterocycles. The number of hydrogen-bond donors (Lipinski definition) is 1. The van der Waals surface area contributed by atoms with Gasteiger partial charge in [-0.25, -0.2) is 4.52 Å². The lowest BCUT2D eigenvalue weighted by Crippen LogP contribution is -2.45. The molecule has 1 saturated carbocycles. The molecule has 3 fully saturated rings. The van der Waals surface area contributed by atoms with Crippen molar-refractivity contribution in [2.75, 3.05) is 32.8 Å². The Kier molecular flexibility index (Phi) is 8.16. The van der Waals surface area contributed by atoms with Gasteiger partial charge in [0.2, 0.25) is 5.91 Å². The molecule has 2 aliphatic heterocycles. The Morgan fingerprint density at radius 1 is 1.02 bits per heavy atom. The fraction of sp³-hybridized carbons (Fsp3) is 0.528. The maximum Gasteiger partial charge on any atom is 0.255 e. The third-order valence-electron chi connectivity index (χ3n) is 10.0. The first-order valence-electron chi connectivity index (χ1n) is 16.8. The van der Waals surface area contributed by atoms with Gasteiger partial charge in [0, 0.05) is 55.9 Å². The number of fused-ring (bicyclic) bond motifs is 2. The van der Waals surface area contributed by atoms with Crippen molar-refractivity contribution in [2.24, 2.45) is 11.7 Å². The molecule has 1 aliphatic carbocycles. The lowest BCUT2D eigenvalue weighted by atomic mass is 9.88. The first kappa shape index (κ1) is 30.0. The molecule has 1 aromatic carbocycles. The molecule has 2 saturated heterocycles. The summed E-state index contributed by atoms with van der Waals surface area (Å²) in [4.78, 5) is 29.9. The summed E-state index contributed by atoms with van der Waals surface area (Å²) in [5.74, 6) is 1.19. The summed E-state index contributed by atoms with van der Waals surface area (Å²) >= 11 is 0. The van der Waals surface area contributed by atoms with Gasteiger partial charge in [0.1, 0.15) is 12.3 Å². The molecular weight excluding hydrogens is 564 g/mol. The minimum absolute atomic E-state index is 0.0226. The second-order valence-electron chi connectivity index (χ2n) is 13.8. The van der Waals surface area contributed by atoms with Crippen molar-refractivity contribution < 1.29 is 14.3 Å². The maximum atomic E-state index is 13.4. The molecule has 2 amide bonds. The van der Waals surface area contributed by atoms with Crippen molar-refractivity contribution in [3.8, 4) is 11.4 Å². The van der Waals surface area contributed by atoms with E-state index < -0.39 is 0 Å². The van der Waals surface area contributed by atoms with Crippen LogP contribution in [0.1, 0.15) is 79.8 Å². The van der Waals surface area contributed by atoms with Gasteiger partial charge in [-0.15, -0.1) is 0 Å². The first-order chi connectivity index (χ1) is 21.8. The molecular formula is C36H46N6O3. The van der Waals surface area contributed by atoms with Crippen molar-refractivity contribution in [3.63, 3.8) is 0 Å².